The molecule has 0 bridgehead atoms. The molecule has 1 heterocycles. The van der Waals surface area contributed by atoms with Gasteiger partial charge in [-0.15, -0.1) is 0 Å². The van der Waals surface area contributed by atoms with Crippen LogP contribution in [0.2, 0.25) is 0 Å². The number of nitrogens with zero attached hydrogens (tertiary/aromatic N) is 2. The number of aromatic nitrogens is 2. The minimum Gasteiger partial charge on any atom is -0.352 e. The van der Waals surface area contributed by atoms with Crippen LogP contribution in [0.15, 0.2) is 77.6 Å². The average molecular weight is 426 g/mol. The lowest BCUT2D eigenvalue weighted by molar-refractivity contribution is 0.0954. The van der Waals surface area contributed by atoms with Gasteiger partial charge in [0.2, 0.25) is 0 Å². The van der Waals surface area contributed by atoms with E-state index in [4.69, 9.17) is 0 Å². The van der Waals surface area contributed by atoms with E-state index in [1.807, 2.05) is 19.9 Å². The summed E-state index contributed by atoms with van der Waals surface area (Å²) in [6, 6.07) is 21.0. The summed E-state index contributed by atoms with van der Waals surface area (Å²) < 4.78 is 1.23. The number of aryl methyl sites for hydroxylation is 1. The number of hydrogen-bond acceptors (Lipinski definition) is 4. The number of carbonyl (C=O) groups is 2. The largest absolute Gasteiger partial charge is 0.352 e. The van der Waals surface area contributed by atoms with E-state index in [0.29, 0.717) is 34.3 Å². The Kier molecular flexibility index (Phi) is 5.81. The van der Waals surface area contributed by atoms with E-state index in [1.54, 1.807) is 66.7 Å². The molecule has 2 N–H and O–H groups in total. The molecule has 7 nitrogen and oxygen atoms in total. The Morgan fingerprint density at radius 1 is 0.906 bits per heavy atom. The van der Waals surface area contributed by atoms with Crippen molar-refractivity contribution in [2.24, 2.45) is 0 Å². The van der Waals surface area contributed by atoms with Gasteiger partial charge in [-0.3, -0.25) is 14.4 Å². The van der Waals surface area contributed by atoms with Crippen LogP contribution in [0.3, 0.4) is 0 Å². The molecule has 2 amide bonds. The standard InChI is InChI=1S/C25H22N4O3/c1-3-26-23(30)17-14-13-16(2)21(15-17)27-24(31)22-19-11-7-8-12-20(19)25(32)29(28-22)18-9-5-4-6-10-18/h4-15H,3H2,1-2H3,(H,26,30)(H,27,31). The van der Waals surface area contributed by atoms with E-state index in [-0.39, 0.29) is 17.2 Å². The fraction of sp³-hybridized carbons (Fsp3) is 0.120. The molecule has 0 spiro atoms. The lowest BCUT2D eigenvalue weighted by Crippen LogP contribution is -2.27. The third-order valence-electron chi connectivity index (χ3n) is 5.11. The zero-order chi connectivity index (χ0) is 22.7. The van der Waals surface area contributed by atoms with E-state index >= 15 is 0 Å². The zero-order valence-corrected chi connectivity index (χ0v) is 17.8. The average Bonchev–Trinajstić information content (AvgIpc) is 2.81. The predicted octanol–water partition coefficient (Wildman–Crippen LogP) is 3.70. The third-order valence-corrected chi connectivity index (χ3v) is 5.11. The van der Waals surface area contributed by atoms with E-state index in [2.05, 4.69) is 15.7 Å². The van der Waals surface area contributed by atoms with Crippen molar-refractivity contribution >= 4 is 28.3 Å². The number of benzene rings is 3. The number of nitrogens with one attached hydrogen (secondary N) is 2. The molecule has 0 aliphatic rings. The van der Waals surface area contributed by atoms with E-state index in [0.717, 1.165) is 5.56 Å². The molecule has 4 aromatic rings. The van der Waals surface area contributed by atoms with Crippen LogP contribution in [0.1, 0.15) is 33.3 Å². The van der Waals surface area contributed by atoms with Gasteiger partial charge >= 0.3 is 0 Å². The summed E-state index contributed by atoms with van der Waals surface area (Å²) in [6.45, 7) is 4.19. The van der Waals surface area contributed by atoms with Gasteiger partial charge in [0, 0.05) is 23.2 Å². The third kappa shape index (κ3) is 4.00. The summed E-state index contributed by atoms with van der Waals surface area (Å²) in [5.74, 6) is -0.689. The van der Waals surface area contributed by atoms with Crippen LogP contribution >= 0.6 is 0 Å². The van der Waals surface area contributed by atoms with Gasteiger partial charge in [-0.05, 0) is 49.7 Å². The molecule has 0 saturated carbocycles. The second kappa shape index (κ2) is 8.85. The molecule has 4 rings (SSSR count). The first kappa shape index (κ1) is 21.0. The monoisotopic (exact) mass is 426 g/mol. The van der Waals surface area contributed by atoms with Gasteiger partial charge < -0.3 is 10.6 Å². The SMILES string of the molecule is CCNC(=O)c1ccc(C)c(NC(=O)c2nn(-c3ccccc3)c(=O)c3ccccc23)c1. The van der Waals surface area contributed by atoms with Gasteiger partial charge in [0.05, 0.1) is 11.1 Å². The molecule has 1 aromatic heterocycles. The van der Waals surface area contributed by atoms with Crippen molar-refractivity contribution in [3.05, 3.63) is 100.0 Å². The Bertz CT molecular complexity index is 1380. The van der Waals surface area contributed by atoms with Crippen LogP contribution in [0, 0.1) is 6.92 Å². The quantitative estimate of drug-likeness (QED) is 0.509. The number of carbonyl (C=O) groups excluding carboxylic acids is 2. The molecule has 0 fully saturated rings. The summed E-state index contributed by atoms with van der Waals surface area (Å²) in [4.78, 5) is 38.5. The van der Waals surface area contributed by atoms with Crippen molar-refractivity contribution in [3.8, 4) is 5.69 Å². The van der Waals surface area contributed by atoms with E-state index in [1.165, 1.54) is 4.68 Å². The van der Waals surface area contributed by atoms with Crippen LogP contribution in [0.25, 0.3) is 16.5 Å². The normalized spacial score (nSPS) is 10.7. The number of amides is 2. The minimum absolute atomic E-state index is 0.117. The van der Waals surface area contributed by atoms with Gasteiger partial charge in [0.15, 0.2) is 5.69 Å². The van der Waals surface area contributed by atoms with Crippen molar-refractivity contribution in [3.63, 3.8) is 0 Å². The van der Waals surface area contributed by atoms with Crippen molar-refractivity contribution < 1.29 is 9.59 Å². The maximum Gasteiger partial charge on any atom is 0.279 e. The first-order valence-electron chi connectivity index (χ1n) is 10.3. The topological polar surface area (TPSA) is 93.1 Å². The van der Waals surface area contributed by atoms with Crippen LogP contribution < -0.4 is 16.2 Å². The highest BCUT2D eigenvalue weighted by atomic mass is 16.2. The Morgan fingerprint density at radius 3 is 2.31 bits per heavy atom. The van der Waals surface area contributed by atoms with Gasteiger partial charge in [0.25, 0.3) is 17.4 Å². The highest BCUT2D eigenvalue weighted by Gasteiger charge is 2.19. The molecule has 32 heavy (non-hydrogen) atoms. The summed E-state index contributed by atoms with van der Waals surface area (Å²) in [5.41, 5.74) is 2.12. The fourth-order valence-corrected chi connectivity index (χ4v) is 3.44. The molecule has 0 aliphatic heterocycles. The summed E-state index contributed by atoms with van der Waals surface area (Å²) in [5, 5.41) is 10.9. The van der Waals surface area contributed by atoms with Crippen LogP contribution in [-0.2, 0) is 0 Å². The molecule has 0 radical (unpaired) electrons. The number of para-hydroxylation sites is 1. The number of hydrogen-bond donors (Lipinski definition) is 2. The molecule has 3 aromatic carbocycles. The van der Waals surface area contributed by atoms with Gasteiger partial charge in [0.1, 0.15) is 0 Å². The fourth-order valence-electron chi connectivity index (χ4n) is 3.44. The zero-order valence-electron chi connectivity index (χ0n) is 17.8. The maximum absolute atomic E-state index is 13.3. The molecule has 0 unspecified atom stereocenters. The molecule has 0 atom stereocenters. The molecule has 160 valence electrons. The maximum atomic E-state index is 13.3. The highest BCUT2D eigenvalue weighted by Crippen LogP contribution is 2.20. The Labute approximate surface area is 184 Å². The summed E-state index contributed by atoms with van der Waals surface area (Å²) in [7, 11) is 0. The highest BCUT2D eigenvalue weighted by molar-refractivity contribution is 6.11. The number of fused-ring (bicyclic) bond motifs is 1. The van der Waals surface area contributed by atoms with E-state index < -0.39 is 5.91 Å². The first-order valence-corrected chi connectivity index (χ1v) is 10.3. The van der Waals surface area contributed by atoms with Crippen molar-refractivity contribution in [2.75, 3.05) is 11.9 Å². The molecule has 0 aliphatic carbocycles. The minimum atomic E-state index is -0.470. The van der Waals surface area contributed by atoms with Gasteiger partial charge in [-0.1, -0.05) is 42.5 Å². The number of anilines is 1. The second-order valence-corrected chi connectivity index (χ2v) is 7.29. The number of rotatable bonds is 5. The lowest BCUT2D eigenvalue weighted by atomic mass is 10.1. The summed E-state index contributed by atoms with van der Waals surface area (Å²) >= 11 is 0. The second-order valence-electron chi connectivity index (χ2n) is 7.29. The van der Waals surface area contributed by atoms with E-state index in [9.17, 15) is 14.4 Å². The van der Waals surface area contributed by atoms with Crippen molar-refractivity contribution in [1.29, 1.82) is 0 Å². The van der Waals surface area contributed by atoms with Gasteiger partial charge in [-0.2, -0.15) is 9.78 Å². The first-order chi connectivity index (χ1) is 15.5. The van der Waals surface area contributed by atoms with Crippen LogP contribution in [-0.4, -0.2) is 28.1 Å². The van der Waals surface area contributed by atoms with Crippen LogP contribution in [0.4, 0.5) is 5.69 Å². The predicted molar refractivity (Wildman–Crippen MR) is 124 cm³/mol. The Hall–Kier alpha value is -4.26. The molecular formula is C25H22N4O3. The Morgan fingerprint density at radius 2 is 1.59 bits per heavy atom. The molecule has 0 saturated heterocycles. The Balaban J connectivity index is 1.80. The van der Waals surface area contributed by atoms with Crippen LogP contribution in [0.5, 0.6) is 0 Å². The summed E-state index contributed by atoms with van der Waals surface area (Å²) in [6.07, 6.45) is 0. The molecule has 7 heteroatoms. The van der Waals surface area contributed by atoms with Crippen molar-refractivity contribution in [1.82, 2.24) is 15.1 Å². The molecular weight excluding hydrogens is 404 g/mol. The lowest BCUT2D eigenvalue weighted by Gasteiger charge is -2.13. The van der Waals surface area contributed by atoms with Gasteiger partial charge in [-0.25, -0.2) is 0 Å². The smallest absolute Gasteiger partial charge is 0.279 e. The van der Waals surface area contributed by atoms with Crippen molar-refractivity contribution in [2.45, 2.75) is 13.8 Å².